The van der Waals surface area contributed by atoms with Crippen LogP contribution >= 0.6 is 0 Å². The fraction of sp³-hybridized carbons (Fsp3) is 0.238. The van der Waals surface area contributed by atoms with Gasteiger partial charge >= 0.3 is 0 Å². The van der Waals surface area contributed by atoms with Crippen molar-refractivity contribution in [2.45, 2.75) is 19.8 Å². The highest BCUT2D eigenvalue weighted by Gasteiger charge is 2.22. The monoisotopic (exact) mass is 391 g/mol. The van der Waals surface area contributed by atoms with Gasteiger partial charge in [-0.2, -0.15) is 0 Å². The summed E-state index contributed by atoms with van der Waals surface area (Å²) in [7, 11) is 0. The molecule has 3 heterocycles. The van der Waals surface area contributed by atoms with Crippen molar-refractivity contribution >= 4 is 34.1 Å². The Labute approximate surface area is 167 Å². The van der Waals surface area contributed by atoms with Crippen LogP contribution in [0.1, 0.15) is 39.4 Å². The first-order valence-electron chi connectivity index (χ1n) is 9.40. The summed E-state index contributed by atoms with van der Waals surface area (Å²) in [4.78, 5) is 35.0. The van der Waals surface area contributed by atoms with E-state index in [1.165, 1.54) is 0 Å². The number of hydrogen-bond donors (Lipinski definition) is 3. The number of aryl methyl sites for hydroxylation is 1. The summed E-state index contributed by atoms with van der Waals surface area (Å²) in [5.41, 5.74) is 8.30. The Bertz CT molecular complexity index is 1120. The van der Waals surface area contributed by atoms with Crippen molar-refractivity contribution in [3.63, 3.8) is 0 Å². The third-order valence-corrected chi connectivity index (χ3v) is 5.05. The Kier molecular flexibility index (Phi) is 4.75. The molecule has 8 nitrogen and oxygen atoms in total. The third-order valence-electron chi connectivity index (χ3n) is 5.05. The lowest BCUT2D eigenvalue weighted by molar-refractivity contribution is 0.0995. The van der Waals surface area contributed by atoms with E-state index in [1.54, 1.807) is 36.4 Å². The normalized spacial score (nSPS) is 13.6. The Morgan fingerprint density at radius 3 is 2.59 bits per heavy atom. The molecule has 0 bridgehead atoms. The van der Waals surface area contributed by atoms with Crippen LogP contribution in [0.25, 0.3) is 10.9 Å². The molecule has 1 aliphatic heterocycles. The number of nitrogens with two attached hydrogens (primary N) is 1. The lowest BCUT2D eigenvalue weighted by Gasteiger charge is -2.20. The Morgan fingerprint density at radius 2 is 1.86 bits per heavy atom. The number of fused-ring (bicyclic) bond motifs is 1. The Hall–Kier alpha value is -3.68. The Morgan fingerprint density at radius 1 is 1.10 bits per heavy atom. The zero-order valence-electron chi connectivity index (χ0n) is 16.0. The van der Waals surface area contributed by atoms with Gasteiger partial charge in [0.25, 0.3) is 11.8 Å². The van der Waals surface area contributed by atoms with E-state index in [0.29, 0.717) is 16.9 Å². The maximum Gasteiger partial charge on any atom is 0.276 e. The summed E-state index contributed by atoms with van der Waals surface area (Å²) >= 11 is 0. The first kappa shape index (κ1) is 18.7. The average Bonchev–Trinajstić information content (AvgIpc) is 3.22. The summed E-state index contributed by atoms with van der Waals surface area (Å²) in [5, 5.41) is 13.3. The van der Waals surface area contributed by atoms with Gasteiger partial charge in [-0.15, -0.1) is 0 Å². The molecule has 3 aromatic rings. The average molecular weight is 391 g/mol. The highest BCUT2D eigenvalue weighted by Crippen LogP contribution is 2.27. The van der Waals surface area contributed by atoms with E-state index in [2.05, 4.69) is 20.2 Å². The van der Waals surface area contributed by atoms with Crippen LogP contribution in [0.2, 0.25) is 0 Å². The molecule has 2 aromatic heterocycles. The van der Waals surface area contributed by atoms with Crippen LogP contribution in [0.5, 0.6) is 5.88 Å². The number of carbonyl (C=O) groups excluding carboxylic acids is 2. The second-order valence-electron chi connectivity index (χ2n) is 7.11. The number of anilines is 2. The number of benzene rings is 1. The lowest BCUT2D eigenvalue weighted by Crippen LogP contribution is -2.25. The number of hydrogen-bond acceptors (Lipinski definition) is 6. The summed E-state index contributed by atoms with van der Waals surface area (Å²) in [6.07, 6.45) is 2.09. The maximum absolute atomic E-state index is 13.0. The number of pyridine rings is 2. The number of aromatic nitrogens is 2. The highest BCUT2D eigenvalue weighted by atomic mass is 16.3. The molecule has 0 atom stereocenters. The first-order chi connectivity index (χ1) is 13.9. The molecule has 0 aliphatic carbocycles. The van der Waals surface area contributed by atoms with E-state index in [1.807, 2.05) is 6.92 Å². The molecule has 1 saturated heterocycles. The van der Waals surface area contributed by atoms with Crippen LogP contribution < -0.4 is 16.0 Å². The van der Waals surface area contributed by atoms with E-state index in [4.69, 9.17) is 5.73 Å². The zero-order valence-corrected chi connectivity index (χ0v) is 16.0. The largest absolute Gasteiger partial charge is 0.493 e. The molecule has 1 fully saturated rings. The summed E-state index contributed by atoms with van der Waals surface area (Å²) in [6, 6.07) is 10.1. The minimum atomic E-state index is -0.681. The van der Waals surface area contributed by atoms with Gasteiger partial charge in [-0.1, -0.05) is 0 Å². The lowest BCUT2D eigenvalue weighted by atomic mass is 10.1. The number of nitrogens with zero attached hydrogens (tertiary/aromatic N) is 3. The number of carbonyl (C=O) groups is 2. The van der Waals surface area contributed by atoms with Gasteiger partial charge in [0.1, 0.15) is 5.69 Å². The quantitative estimate of drug-likeness (QED) is 0.628. The van der Waals surface area contributed by atoms with Crippen molar-refractivity contribution in [3.05, 3.63) is 53.3 Å². The molecule has 29 heavy (non-hydrogen) atoms. The van der Waals surface area contributed by atoms with Crippen LogP contribution in [0.4, 0.5) is 11.4 Å². The van der Waals surface area contributed by atoms with Crippen molar-refractivity contribution in [1.82, 2.24) is 9.97 Å². The molecule has 0 saturated carbocycles. The number of aromatic hydroxyl groups is 1. The van der Waals surface area contributed by atoms with Crippen LogP contribution in [-0.4, -0.2) is 40.0 Å². The molecular weight excluding hydrogens is 370 g/mol. The van der Waals surface area contributed by atoms with Gasteiger partial charge < -0.3 is 21.1 Å². The van der Waals surface area contributed by atoms with Crippen LogP contribution in [-0.2, 0) is 0 Å². The van der Waals surface area contributed by atoms with Crippen molar-refractivity contribution in [2.75, 3.05) is 23.3 Å². The molecular formula is C21H21N5O3. The second-order valence-corrected chi connectivity index (χ2v) is 7.11. The molecule has 2 amide bonds. The van der Waals surface area contributed by atoms with Gasteiger partial charge in [-0.25, -0.2) is 9.97 Å². The van der Waals surface area contributed by atoms with Crippen LogP contribution in [0, 0.1) is 6.92 Å². The Balaban J connectivity index is 1.69. The zero-order chi connectivity index (χ0) is 20.5. The minimum Gasteiger partial charge on any atom is -0.493 e. The fourth-order valence-electron chi connectivity index (χ4n) is 3.61. The van der Waals surface area contributed by atoms with Crippen molar-refractivity contribution in [3.8, 4) is 5.88 Å². The van der Waals surface area contributed by atoms with E-state index in [0.717, 1.165) is 36.9 Å². The van der Waals surface area contributed by atoms with Crippen LogP contribution in [0.15, 0.2) is 36.4 Å². The molecule has 4 N–H and O–H groups in total. The van der Waals surface area contributed by atoms with Gasteiger partial charge in [0.15, 0.2) is 5.69 Å². The van der Waals surface area contributed by atoms with Crippen molar-refractivity contribution < 1.29 is 14.7 Å². The van der Waals surface area contributed by atoms with E-state index < -0.39 is 11.8 Å². The van der Waals surface area contributed by atoms with E-state index >= 15 is 0 Å². The third kappa shape index (κ3) is 3.69. The van der Waals surface area contributed by atoms with Gasteiger partial charge in [0.05, 0.1) is 11.2 Å². The number of nitrogens with one attached hydrogen (secondary N) is 1. The summed E-state index contributed by atoms with van der Waals surface area (Å²) in [6.45, 7) is 3.53. The predicted molar refractivity (Wildman–Crippen MR) is 110 cm³/mol. The number of rotatable bonds is 4. The van der Waals surface area contributed by atoms with E-state index in [-0.39, 0.29) is 17.3 Å². The maximum atomic E-state index is 13.0. The van der Waals surface area contributed by atoms with Crippen molar-refractivity contribution in [2.24, 2.45) is 5.73 Å². The smallest absolute Gasteiger partial charge is 0.276 e. The highest BCUT2D eigenvalue weighted by molar-refractivity contribution is 6.08. The van der Waals surface area contributed by atoms with Gasteiger partial charge in [0.2, 0.25) is 5.88 Å². The topological polar surface area (TPSA) is 121 Å². The minimum absolute atomic E-state index is 0.0468. The standard InChI is InChI=1S/C21H21N5O3/c1-12-10-18(27)24-15-5-4-13(11-14(12)15)23-21(29)19-17(26-8-2-3-9-26)7-6-16(25-19)20(22)28/h4-7,10-11H,2-3,8-9H2,1H3,(H2,22,28)(H,23,29)(H,24,27). The molecule has 0 unspecified atom stereocenters. The van der Waals surface area contributed by atoms with Crippen LogP contribution in [0.3, 0.4) is 0 Å². The first-order valence-corrected chi connectivity index (χ1v) is 9.40. The summed E-state index contributed by atoms with van der Waals surface area (Å²) in [5.74, 6) is -1.15. The molecule has 4 rings (SSSR count). The predicted octanol–water partition coefficient (Wildman–Crippen LogP) is 2.60. The van der Waals surface area contributed by atoms with Gasteiger partial charge in [-0.05, 0) is 55.7 Å². The molecule has 1 aromatic carbocycles. The number of amides is 2. The SMILES string of the molecule is Cc1cc(O)nc2ccc(NC(=O)c3nc(C(N)=O)ccc3N3CCCC3)cc12. The molecule has 0 spiro atoms. The molecule has 8 heteroatoms. The van der Waals surface area contributed by atoms with Gasteiger partial charge in [0, 0.05) is 30.2 Å². The second kappa shape index (κ2) is 7.38. The van der Waals surface area contributed by atoms with Gasteiger partial charge in [-0.3, -0.25) is 9.59 Å². The molecule has 148 valence electrons. The summed E-state index contributed by atoms with van der Waals surface area (Å²) < 4.78 is 0. The fourth-order valence-corrected chi connectivity index (χ4v) is 3.61. The van der Waals surface area contributed by atoms with Crippen molar-refractivity contribution in [1.29, 1.82) is 0 Å². The molecule has 0 radical (unpaired) electrons. The van der Waals surface area contributed by atoms with E-state index in [9.17, 15) is 14.7 Å². The molecule has 1 aliphatic rings. The number of primary amides is 1.